The molecule has 4 atom stereocenters. The van der Waals surface area contributed by atoms with Gasteiger partial charge in [-0.15, -0.1) is 0 Å². The van der Waals surface area contributed by atoms with Crippen LogP contribution in [0.25, 0.3) is 0 Å². The number of rotatable bonds is 8. The second kappa shape index (κ2) is 9.70. The van der Waals surface area contributed by atoms with Crippen molar-refractivity contribution in [2.75, 3.05) is 13.7 Å². The average Bonchev–Trinajstić information content (AvgIpc) is 3.05. The van der Waals surface area contributed by atoms with Crippen LogP contribution in [-0.2, 0) is 25.6 Å². The van der Waals surface area contributed by atoms with Gasteiger partial charge in [-0.1, -0.05) is 85.9 Å². The van der Waals surface area contributed by atoms with Crippen molar-refractivity contribution >= 4 is 19.2 Å². The van der Waals surface area contributed by atoms with Gasteiger partial charge in [-0.05, 0) is 17.0 Å². The molecule has 0 aromatic heterocycles. The van der Waals surface area contributed by atoms with Gasteiger partial charge in [0, 0.05) is 0 Å². The van der Waals surface area contributed by atoms with Crippen molar-refractivity contribution in [2.24, 2.45) is 5.92 Å². The maximum Gasteiger partial charge on any atom is 0.308 e. The maximum atomic E-state index is 12.1. The van der Waals surface area contributed by atoms with Gasteiger partial charge in [-0.3, -0.25) is 4.79 Å². The number of hydrogen-bond acceptors (Lipinski definition) is 4. The van der Waals surface area contributed by atoms with Gasteiger partial charge in [0.05, 0.1) is 47.0 Å². The number of ether oxygens (including phenoxy) is 3. The monoisotopic (exact) mass is 412 g/mol. The molecule has 5 heteroatoms. The second-order valence-electron chi connectivity index (χ2n) is 8.47. The summed E-state index contributed by atoms with van der Waals surface area (Å²) in [6.07, 6.45) is 0.141. The van der Waals surface area contributed by atoms with E-state index in [2.05, 4.69) is 62.5 Å². The Balaban J connectivity index is 1.74. The highest BCUT2D eigenvalue weighted by molar-refractivity contribution is 6.91. The standard InChI is InChI=1S/C24H32O4Si/c1-18-22(17-27-16-19-11-7-5-8-12-19)28-21(15-23(25)26-2)24(18)29(3,4)20-13-9-6-10-14-20/h5-14,18,21-22,24H,15-17H2,1-4H3/t18-,21-,22+,24+/m0/s1. The first-order valence-electron chi connectivity index (χ1n) is 10.3. The van der Waals surface area contributed by atoms with E-state index < -0.39 is 8.07 Å². The Kier molecular flexibility index (Phi) is 7.27. The Hall–Kier alpha value is -1.95. The third-order valence-corrected chi connectivity index (χ3v) is 10.6. The van der Waals surface area contributed by atoms with E-state index in [1.54, 1.807) is 0 Å². The Morgan fingerprint density at radius 3 is 2.24 bits per heavy atom. The van der Waals surface area contributed by atoms with Crippen LogP contribution in [0.5, 0.6) is 0 Å². The fraction of sp³-hybridized carbons (Fsp3) is 0.458. The largest absolute Gasteiger partial charge is 0.469 e. The first-order chi connectivity index (χ1) is 13.9. The van der Waals surface area contributed by atoms with Gasteiger partial charge in [-0.2, -0.15) is 0 Å². The van der Waals surface area contributed by atoms with Crippen molar-refractivity contribution in [2.45, 2.75) is 50.8 Å². The molecule has 29 heavy (non-hydrogen) atoms. The molecule has 2 aromatic carbocycles. The zero-order chi connectivity index (χ0) is 20.9. The quantitative estimate of drug-likeness (QED) is 0.482. The molecule has 0 aliphatic carbocycles. The van der Waals surface area contributed by atoms with Crippen molar-refractivity contribution in [1.82, 2.24) is 0 Å². The van der Waals surface area contributed by atoms with Crippen LogP contribution in [0.3, 0.4) is 0 Å². The number of methoxy groups -OCH3 is 1. The molecule has 0 spiro atoms. The van der Waals surface area contributed by atoms with Crippen molar-refractivity contribution in [3.05, 3.63) is 66.2 Å². The van der Waals surface area contributed by atoms with E-state index >= 15 is 0 Å². The molecule has 1 saturated heterocycles. The molecule has 1 aliphatic heterocycles. The van der Waals surface area contributed by atoms with Crippen LogP contribution in [0.2, 0.25) is 18.6 Å². The minimum atomic E-state index is -1.89. The van der Waals surface area contributed by atoms with Gasteiger partial charge in [0.15, 0.2) is 0 Å². The summed E-state index contributed by atoms with van der Waals surface area (Å²) in [5, 5.41) is 1.39. The summed E-state index contributed by atoms with van der Waals surface area (Å²) < 4.78 is 17.4. The first-order valence-corrected chi connectivity index (χ1v) is 13.4. The molecule has 3 rings (SSSR count). The lowest BCUT2D eigenvalue weighted by atomic mass is 10.00. The summed E-state index contributed by atoms with van der Waals surface area (Å²) in [5.74, 6) is 0.0956. The predicted octanol–water partition coefficient (Wildman–Crippen LogP) is 4.16. The molecule has 156 valence electrons. The van der Waals surface area contributed by atoms with Gasteiger partial charge >= 0.3 is 5.97 Å². The molecule has 1 heterocycles. The van der Waals surface area contributed by atoms with E-state index in [4.69, 9.17) is 14.2 Å². The fourth-order valence-corrected chi connectivity index (χ4v) is 8.76. The van der Waals surface area contributed by atoms with E-state index in [0.717, 1.165) is 5.56 Å². The molecule has 1 aliphatic rings. The highest BCUT2D eigenvalue weighted by Gasteiger charge is 2.51. The van der Waals surface area contributed by atoms with Crippen molar-refractivity contribution in [3.63, 3.8) is 0 Å². The lowest BCUT2D eigenvalue weighted by Crippen LogP contribution is -2.50. The van der Waals surface area contributed by atoms with Gasteiger partial charge < -0.3 is 14.2 Å². The smallest absolute Gasteiger partial charge is 0.308 e. The summed E-state index contributed by atoms with van der Waals surface area (Å²) >= 11 is 0. The fourth-order valence-electron chi connectivity index (χ4n) is 4.67. The molecular weight excluding hydrogens is 380 g/mol. The van der Waals surface area contributed by atoms with Crippen molar-refractivity contribution in [1.29, 1.82) is 0 Å². The lowest BCUT2D eigenvalue weighted by molar-refractivity contribution is -0.144. The van der Waals surface area contributed by atoms with Crippen LogP contribution in [0, 0.1) is 5.92 Å². The third-order valence-electron chi connectivity index (χ3n) is 6.24. The molecule has 0 unspecified atom stereocenters. The molecule has 0 N–H and O–H groups in total. The van der Waals surface area contributed by atoms with Gasteiger partial charge in [-0.25, -0.2) is 0 Å². The van der Waals surface area contributed by atoms with Crippen LogP contribution < -0.4 is 5.19 Å². The van der Waals surface area contributed by atoms with Gasteiger partial charge in [0.2, 0.25) is 0 Å². The van der Waals surface area contributed by atoms with Crippen LogP contribution in [0.1, 0.15) is 18.9 Å². The molecule has 0 saturated carbocycles. The van der Waals surface area contributed by atoms with Crippen molar-refractivity contribution < 1.29 is 19.0 Å². The van der Waals surface area contributed by atoms with E-state index in [9.17, 15) is 4.79 Å². The van der Waals surface area contributed by atoms with E-state index in [-0.39, 0.29) is 18.2 Å². The molecule has 0 bridgehead atoms. The Bertz CT molecular complexity index is 778. The summed E-state index contributed by atoms with van der Waals surface area (Å²) in [7, 11) is -0.445. The van der Waals surface area contributed by atoms with Crippen LogP contribution >= 0.6 is 0 Å². The molecule has 4 nitrogen and oxygen atoms in total. The number of carbonyl (C=O) groups is 1. The summed E-state index contributed by atoms with van der Waals surface area (Å²) in [6.45, 7) is 8.10. The number of hydrogen-bond donors (Lipinski definition) is 0. The van der Waals surface area contributed by atoms with Gasteiger partial charge in [0.25, 0.3) is 0 Å². The Labute approximate surface area is 175 Å². The third kappa shape index (κ3) is 5.16. The molecule has 0 amide bonds. The topological polar surface area (TPSA) is 44.8 Å². The van der Waals surface area contributed by atoms with E-state index in [1.807, 2.05) is 18.2 Å². The Morgan fingerprint density at radius 1 is 1.00 bits per heavy atom. The predicted molar refractivity (Wildman–Crippen MR) is 118 cm³/mol. The molecule has 0 radical (unpaired) electrons. The van der Waals surface area contributed by atoms with E-state index in [0.29, 0.717) is 31.1 Å². The second-order valence-corrected chi connectivity index (χ2v) is 13.2. The normalized spacial score (nSPS) is 24.4. The van der Waals surface area contributed by atoms with E-state index in [1.165, 1.54) is 12.3 Å². The zero-order valence-electron chi connectivity index (χ0n) is 17.8. The summed E-state index contributed by atoms with van der Waals surface area (Å²) in [4.78, 5) is 12.1. The molecule has 1 fully saturated rings. The zero-order valence-corrected chi connectivity index (χ0v) is 18.8. The highest BCUT2D eigenvalue weighted by atomic mass is 28.3. The maximum absolute atomic E-state index is 12.1. The Morgan fingerprint density at radius 2 is 1.62 bits per heavy atom. The first kappa shape index (κ1) is 21.7. The molecule has 2 aromatic rings. The van der Waals surface area contributed by atoms with Gasteiger partial charge in [0.1, 0.15) is 0 Å². The summed E-state index contributed by atoms with van der Waals surface area (Å²) in [6, 6.07) is 20.8. The average molecular weight is 413 g/mol. The molecular formula is C24H32O4Si. The minimum Gasteiger partial charge on any atom is -0.469 e. The van der Waals surface area contributed by atoms with Crippen molar-refractivity contribution in [3.8, 4) is 0 Å². The van der Waals surface area contributed by atoms with Crippen LogP contribution in [-0.4, -0.2) is 40.0 Å². The number of carbonyl (C=O) groups excluding carboxylic acids is 1. The highest BCUT2D eigenvalue weighted by Crippen LogP contribution is 2.45. The van der Waals surface area contributed by atoms with Crippen LogP contribution in [0.4, 0.5) is 0 Å². The summed E-state index contributed by atoms with van der Waals surface area (Å²) in [5.41, 5.74) is 1.47. The lowest BCUT2D eigenvalue weighted by Gasteiger charge is -2.35. The minimum absolute atomic E-state index is 0.0196. The SMILES string of the molecule is COC(=O)C[C@@H]1O[C@H](COCc2ccccc2)[C@H](C)[C@H]1[Si](C)(C)c1ccccc1. The number of benzene rings is 2. The number of esters is 1. The van der Waals surface area contributed by atoms with Crippen LogP contribution in [0.15, 0.2) is 60.7 Å².